The van der Waals surface area contributed by atoms with Crippen molar-refractivity contribution >= 4 is 27.7 Å². The molecule has 0 atom stereocenters. The van der Waals surface area contributed by atoms with Crippen LogP contribution in [-0.4, -0.2) is 40.3 Å². The molecule has 2 rings (SSSR count). The summed E-state index contributed by atoms with van der Waals surface area (Å²) in [5, 5.41) is 2.76. The van der Waals surface area contributed by atoms with Gasteiger partial charge in [0.05, 0.1) is 5.56 Å². The first kappa shape index (κ1) is 13.0. The summed E-state index contributed by atoms with van der Waals surface area (Å²) in [6.07, 6.45) is 1.61. The lowest BCUT2D eigenvalue weighted by atomic mass is 9.98. The topological polar surface area (TPSA) is 62.3 Å². The Morgan fingerprint density at radius 2 is 2.28 bits per heavy atom. The fourth-order valence-electron chi connectivity index (χ4n) is 1.95. The molecule has 2 heterocycles. The summed E-state index contributed by atoms with van der Waals surface area (Å²) in [5.41, 5.74) is -0.370. The lowest BCUT2D eigenvalue weighted by Gasteiger charge is -2.41. The first-order chi connectivity index (χ1) is 8.44. The number of halogens is 1. The fourth-order valence-corrected chi connectivity index (χ4v) is 2.37. The third-order valence-electron chi connectivity index (χ3n) is 3.09. The fraction of sp³-hybridized carbons (Fsp3) is 0.417. The van der Waals surface area contributed by atoms with Gasteiger partial charge in [0.2, 0.25) is 5.91 Å². The van der Waals surface area contributed by atoms with E-state index in [-0.39, 0.29) is 11.8 Å². The number of carbonyl (C=O) groups excluding carboxylic acids is 2. The molecule has 0 bridgehead atoms. The van der Waals surface area contributed by atoms with Crippen LogP contribution in [0.1, 0.15) is 24.2 Å². The molecule has 0 saturated carbocycles. The molecule has 6 heteroatoms. The Labute approximate surface area is 114 Å². The van der Waals surface area contributed by atoms with E-state index in [2.05, 4.69) is 26.2 Å². The number of nitrogens with one attached hydrogen (secondary N) is 1. The summed E-state index contributed by atoms with van der Waals surface area (Å²) < 4.78 is 0.497. The molecule has 0 radical (unpaired) electrons. The van der Waals surface area contributed by atoms with E-state index in [1.165, 1.54) is 0 Å². The van der Waals surface area contributed by atoms with Gasteiger partial charge in [-0.15, -0.1) is 0 Å². The summed E-state index contributed by atoms with van der Waals surface area (Å²) in [6, 6.07) is 3.40. The van der Waals surface area contributed by atoms with Crippen LogP contribution in [0, 0.1) is 0 Å². The van der Waals surface area contributed by atoms with Crippen molar-refractivity contribution in [1.82, 2.24) is 15.2 Å². The molecule has 0 unspecified atom stereocenters. The molecule has 1 aromatic rings. The van der Waals surface area contributed by atoms with Crippen LogP contribution in [0.4, 0.5) is 0 Å². The summed E-state index contributed by atoms with van der Waals surface area (Å²) in [5.74, 6) is -0.322. The van der Waals surface area contributed by atoms with E-state index in [9.17, 15) is 9.59 Å². The lowest BCUT2D eigenvalue weighted by molar-refractivity contribution is -0.133. The van der Waals surface area contributed by atoms with Crippen LogP contribution in [0.5, 0.6) is 0 Å². The predicted molar refractivity (Wildman–Crippen MR) is 70.1 cm³/mol. The molecule has 1 aromatic heterocycles. The highest BCUT2D eigenvalue weighted by Gasteiger charge is 2.41. The zero-order chi connectivity index (χ0) is 13.3. The molecule has 1 N–H and O–H groups in total. The van der Waals surface area contributed by atoms with Gasteiger partial charge in [0.15, 0.2) is 0 Å². The molecule has 0 spiro atoms. The maximum atomic E-state index is 12.5. The highest BCUT2D eigenvalue weighted by Crippen LogP contribution is 2.23. The standard InChI is InChI=1S/C12H14BrN3O2/c1-12(2)11(18)15-6-7-16(12)10(17)8-4-3-5-14-9(8)13/h3-5H,6-7H2,1-2H3,(H,15,18). The van der Waals surface area contributed by atoms with Crippen LogP contribution >= 0.6 is 15.9 Å². The lowest BCUT2D eigenvalue weighted by Crippen LogP contribution is -2.63. The highest BCUT2D eigenvalue weighted by molar-refractivity contribution is 9.10. The molecular formula is C12H14BrN3O2. The molecular weight excluding hydrogens is 298 g/mol. The van der Waals surface area contributed by atoms with Crippen molar-refractivity contribution in [2.45, 2.75) is 19.4 Å². The van der Waals surface area contributed by atoms with Crippen LogP contribution in [0.2, 0.25) is 0 Å². The van der Waals surface area contributed by atoms with E-state index in [0.29, 0.717) is 23.3 Å². The van der Waals surface area contributed by atoms with Gasteiger partial charge >= 0.3 is 0 Å². The van der Waals surface area contributed by atoms with Crippen LogP contribution in [0.15, 0.2) is 22.9 Å². The van der Waals surface area contributed by atoms with Crippen molar-refractivity contribution < 1.29 is 9.59 Å². The number of amides is 2. The van der Waals surface area contributed by atoms with Gasteiger partial charge in [-0.3, -0.25) is 9.59 Å². The van der Waals surface area contributed by atoms with Gasteiger partial charge in [-0.1, -0.05) is 0 Å². The van der Waals surface area contributed by atoms with Crippen LogP contribution in [0.3, 0.4) is 0 Å². The maximum Gasteiger partial charge on any atom is 0.257 e. The largest absolute Gasteiger partial charge is 0.352 e. The number of pyridine rings is 1. The molecule has 96 valence electrons. The number of hydrogen-bond donors (Lipinski definition) is 1. The van der Waals surface area contributed by atoms with E-state index in [4.69, 9.17) is 0 Å². The summed E-state index contributed by atoms with van der Waals surface area (Å²) >= 11 is 3.26. The second kappa shape index (κ2) is 4.68. The molecule has 1 fully saturated rings. The summed E-state index contributed by atoms with van der Waals surface area (Å²) in [4.78, 5) is 29.9. The number of carbonyl (C=O) groups is 2. The normalized spacial score (nSPS) is 18.4. The van der Waals surface area contributed by atoms with Gasteiger partial charge < -0.3 is 10.2 Å². The van der Waals surface area contributed by atoms with Crippen molar-refractivity contribution in [2.24, 2.45) is 0 Å². The van der Waals surface area contributed by atoms with E-state index in [1.807, 2.05) is 0 Å². The smallest absolute Gasteiger partial charge is 0.257 e. The SMILES string of the molecule is CC1(C)C(=O)NCCN1C(=O)c1cccnc1Br. The van der Waals surface area contributed by atoms with Gasteiger partial charge in [-0.2, -0.15) is 0 Å². The zero-order valence-electron chi connectivity index (χ0n) is 10.2. The maximum absolute atomic E-state index is 12.5. The van der Waals surface area contributed by atoms with Crippen molar-refractivity contribution in [3.63, 3.8) is 0 Å². The number of rotatable bonds is 1. The van der Waals surface area contributed by atoms with Gasteiger partial charge in [0.1, 0.15) is 10.1 Å². The Morgan fingerprint density at radius 3 is 2.94 bits per heavy atom. The summed E-state index contributed by atoms with van der Waals surface area (Å²) in [6.45, 7) is 4.46. The van der Waals surface area contributed by atoms with E-state index in [1.54, 1.807) is 37.1 Å². The Balaban J connectivity index is 2.34. The minimum atomic E-state index is -0.843. The van der Waals surface area contributed by atoms with E-state index >= 15 is 0 Å². The summed E-state index contributed by atoms with van der Waals surface area (Å²) in [7, 11) is 0. The monoisotopic (exact) mass is 311 g/mol. The quantitative estimate of drug-likeness (QED) is 0.793. The van der Waals surface area contributed by atoms with Gasteiger partial charge in [0.25, 0.3) is 5.91 Å². The second-order valence-electron chi connectivity index (χ2n) is 4.61. The third kappa shape index (κ3) is 2.12. The third-order valence-corrected chi connectivity index (χ3v) is 3.72. The van der Waals surface area contributed by atoms with Crippen molar-refractivity contribution in [3.8, 4) is 0 Å². The first-order valence-corrected chi connectivity index (χ1v) is 6.44. The number of nitrogens with zero attached hydrogens (tertiary/aromatic N) is 2. The van der Waals surface area contributed by atoms with Gasteiger partial charge in [-0.05, 0) is 41.9 Å². The minimum Gasteiger partial charge on any atom is -0.352 e. The number of aromatic nitrogens is 1. The molecule has 1 saturated heterocycles. The molecule has 0 aliphatic carbocycles. The van der Waals surface area contributed by atoms with Gasteiger partial charge in [0, 0.05) is 19.3 Å². The Bertz CT molecular complexity index is 502. The van der Waals surface area contributed by atoms with Crippen LogP contribution in [0.25, 0.3) is 0 Å². The van der Waals surface area contributed by atoms with Crippen molar-refractivity contribution in [1.29, 1.82) is 0 Å². The Kier molecular flexibility index (Phi) is 3.38. The minimum absolute atomic E-state index is 0.137. The molecule has 0 aromatic carbocycles. The van der Waals surface area contributed by atoms with Crippen LogP contribution in [-0.2, 0) is 4.79 Å². The number of hydrogen-bond acceptors (Lipinski definition) is 3. The predicted octanol–water partition coefficient (Wildman–Crippen LogP) is 1.19. The van der Waals surface area contributed by atoms with E-state index < -0.39 is 5.54 Å². The Morgan fingerprint density at radius 1 is 1.56 bits per heavy atom. The zero-order valence-corrected chi connectivity index (χ0v) is 11.8. The number of piperazine rings is 1. The van der Waals surface area contributed by atoms with Crippen molar-refractivity contribution in [2.75, 3.05) is 13.1 Å². The molecule has 5 nitrogen and oxygen atoms in total. The van der Waals surface area contributed by atoms with Gasteiger partial charge in [-0.25, -0.2) is 4.98 Å². The molecule has 2 amide bonds. The van der Waals surface area contributed by atoms with E-state index in [0.717, 1.165) is 0 Å². The average molecular weight is 312 g/mol. The second-order valence-corrected chi connectivity index (χ2v) is 5.36. The molecule has 1 aliphatic heterocycles. The molecule has 18 heavy (non-hydrogen) atoms. The molecule has 1 aliphatic rings. The van der Waals surface area contributed by atoms with Crippen molar-refractivity contribution in [3.05, 3.63) is 28.5 Å². The highest BCUT2D eigenvalue weighted by atomic mass is 79.9. The van der Waals surface area contributed by atoms with Crippen LogP contribution < -0.4 is 5.32 Å². The Hall–Kier alpha value is -1.43. The first-order valence-electron chi connectivity index (χ1n) is 5.65. The average Bonchev–Trinajstić information content (AvgIpc) is 2.32.